The fourth-order valence-electron chi connectivity index (χ4n) is 4.01. The molecule has 0 atom stereocenters. The van der Waals surface area contributed by atoms with Crippen LogP contribution in [-0.4, -0.2) is 56.9 Å². The summed E-state index contributed by atoms with van der Waals surface area (Å²) in [5.41, 5.74) is 1.63. The van der Waals surface area contributed by atoms with Gasteiger partial charge in [0.25, 0.3) is 0 Å². The van der Waals surface area contributed by atoms with Crippen molar-refractivity contribution in [2.75, 3.05) is 28.4 Å². The number of esters is 4. The van der Waals surface area contributed by atoms with Gasteiger partial charge in [0.15, 0.2) is 0 Å². The fourth-order valence-corrected chi connectivity index (χ4v) is 4.01. The van der Waals surface area contributed by atoms with E-state index in [9.17, 15) is 19.2 Å². The lowest BCUT2D eigenvalue weighted by Gasteiger charge is -2.17. The van der Waals surface area contributed by atoms with Crippen molar-refractivity contribution >= 4 is 29.6 Å². The van der Waals surface area contributed by atoms with Crippen molar-refractivity contribution in [1.29, 1.82) is 0 Å². The molecule has 0 unspecified atom stereocenters. The molecule has 0 saturated heterocycles. The van der Waals surface area contributed by atoms with Gasteiger partial charge in [-0.3, -0.25) is 0 Å². The SMILES string of the molecule is COC(=O)/C=C(\C(=O)OC)n1c(Cc2ccccc2)c(C(=O)OC)c(C(=O)OC)c1Cc1ccccc1. The van der Waals surface area contributed by atoms with Gasteiger partial charge in [-0.25, -0.2) is 19.2 Å². The smallest absolute Gasteiger partial charge is 0.355 e. The van der Waals surface area contributed by atoms with Gasteiger partial charge in [-0.15, -0.1) is 0 Å². The Bertz CT molecular complexity index is 1240. The van der Waals surface area contributed by atoms with E-state index in [2.05, 4.69) is 0 Å². The monoisotopic (exact) mass is 505 g/mol. The number of benzene rings is 2. The molecule has 0 N–H and O–H groups in total. The van der Waals surface area contributed by atoms with Crippen LogP contribution in [0.15, 0.2) is 66.7 Å². The lowest BCUT2D eigenvalue weighted by Crippen LogP contribution is -2.18. The van der Waals surface area contributed by atoms with Gasteiger partial charge in [0, 0.05) is 24.2 Å². The summed E-state index contributed by atoms with van der Waals surface area (Å²) in [4.78, 5) is 51.7. The average molecular weight is 506 g/mol. The van der Waals surface area contributed by atoms with Crippen LogP contribution >= 0.6 is 0 Å². The van der Waals surface area contributed by atoms with E-state index in [1.54, 1.807) is 0 Å². The zero-order chi connectivity index (χ0) is 26.9. The lowest BCUT2D eigenvalue weighted by atomic mass is 10.0. The highest BCUT2D eigenvalue weighted by Crippen LogP contribution is 2.32. The number of aromatic nitrogens is 1. The first kappa shape index (κ1) is 26.9. The summed E-state index contributed by atoms with van der Waals surface area (Å²) in [6.45, 7) is 0. The minimum absolute atomic E-state index is 0.0798. The zero-order valence-corrected chi connectivity index (χ0v) is 21.0. The third-order valence-corrected chi connectivity index (χ3v) is 5.67. The molecular weight excluding hydrogens is 478 g/mol. The molecule has 0 aliphatic heterocycles. The molecule has 1 aromatic heterocycles. The van der Waals surface area contributed by atoms with Gasteiger partial charge < -0.3 is 23.5 Å². The van der Waals surface area contributed by atoms with Crippen molar-refractivity contribution in [3.8, 4) is 0 Å². The van der Waals surface area contributed by atoms with Crippen LogP contribution < -0.4 is 0 Å². The summed E-state index contributed by atoms with van der Waals surface area (Å²) in [5, 5.41) is 0. The van der Waals surface area contributed by atoms with Gasteiger partial charge in [-0.1, -0.05) is 60.7 Å². The Labute approximate surface area is 214 Å². The van der Waals surface area contributed by atoms with E-state index >= 15 is 0 Å². The van der Waals surface area contributed by atoms with Gasteiger partial charge in [0.1, 0.15) is 5.70 Å². The van der Waals surface area contributed by atoms with Crippen molar-refractivity contribution in [3.63, 3.8) is 0 Å². The van der Waals surface area contributed by atoms with E-state index < -0.39 is 23.9 Å². The van der Waals surface area contributed by atoms with Crippen molar-refractivity contribution in [3.05, 3.63) is 100 Å². The summed E-state index contributed by atoms with van der Waals surface area (Å²) < 4.78 is 21.2. The van der Waals surface area contributed by atoms with Crippen LogP contribution in [0.5, 0.6) is 0 Å². The molecule has 0 fully saturated rings. The molecule has 3 aromatic rings. The Balaban J connectivity index is 2.50. The van der Waals surface area contributed by atoms with Crippen LogP contribution in [0.2, 0.25) is 0 Å². The van der Waals surface area contributed by atoms with E-state index in [0.717, 1.165) is 24.3 Å². The molecule has 9 nitrogen and oxygen atoms in total. The van der Waals surface area contributed by atoms with Crippen LogP contribution in [0.25, 0.3) is 5.70 Å². The summed E-state index contributed by atoms with van der Waals surface area (Å²) in [6.07, 6.45) is 1.18. The van der Waals surface area contributed by atoms with Crippen LogP contribution in [0.3, 0.4) is 0 Å². The predicted molar refractivity (Wildman–Crippen MR) is 134 cm³/mol. The fraction of sp³-hybridized carbons (Fsp3) is 0.214. The van der Waals surface area contributed by atoms with E-state index in [4.69, 9.17) is 18.9 Å². The Hall–Kier alpha value is -4.66. The van der Waals surface area contributed by atoms with Crippen molar-refractivity contribution in [1.82, 2.24) is 4.57 Å². The van der Waals surface area contributed by atoms with E-state index in [1.807, 2.05) is 60.7 Å². The first-order valence-electron chi connectivity index (χ1n) is 11.2. The normalized spacial score (nSPS) is 11.0. The number of methoxy groups -OCH3 is 4. The van der Waals surface area contributed by atoms with Gasteiger partial charge >= 0.3 is 23.9 Å². The third kappa shape index (κ3) is 5.95. The predicted octanol–water partition coefficient (Wildman–Crippen LogP) is 3.43. The van der Waals surface area contributed by atoms with Crippen LogP contribution in [0, 0.1) is 0 Å². The van der Waals surface area contributed by atoms with E-state index in [-0.39, 0.29) is 41.1 Å². The van der Waals surface area contributed by atoms with Gasteiger partial charge in [0.05, 0.1) is 45.6 Å². The molecule has 0 bridgehead atoms. The number of hydrogen-bond donors (Lipinski definition) is 0. The third-order valence-electron chi connectivity index (χ3n) is 5.67. The van der Waals surface area contributed by atoms with Crippen LogP contribution in [-0.2, 0) is 41.4 Å². The second kappa shape index (κ2) is 12.3. The first-order valence-corrected chi connectivity index (χ1v) is 11.2. The Kier molecular flexibility index (Phi) is 8.99. The van der Waals surface area contributed by atoms with Gasteiger partial charge in [0.2, 0.25) is 0 Å². The molecular formula is C28H27NO8. The number of ether oxygens (including phenoxy) is 4. The molecule has 0 amide bonds. The highest BCUT2D eigenvalue weighted by molar-refractivity contribution is 6.16. The number of rotatable bonds is 9. The Morgan fingerprint density at radius 2 is 1.08 bits per heavy atom. The van der Waals surface area contributed by atoms with Crippen LogP contribution in [0.4, 0.5) is 0 Å². The molecule has 37 heavy (non-hydrogen) atoms. The maximum absolute atomic E-state index is 13.2. The summed E-state index contributed by atoms with van der Waals surface area (Å²) >= 11 is 0. The minimum Gasteiger partial charge on any atom is -0.466 e. The van der Waals surface area contributed by atoms with Crippen molar-refractivity contribution in [2.24, 2.45) is 0 Å². The van der Waals surface area contributed by atoms with Gasteiger partial charge in [-0.05, 0) is 11.1 Å². The Morgan fingerprint density at radius 1 is 0.649 bits per heavy atom. The van der Waals surface area contributed by atoms with Crippen molar-refractivity contribution in [2.45, 2.75) is 12.8 Å². The maximum atomic E-state index is 13.2. The minimum atomic E-state index is -0.878. The quantitative estimate of drug-likeness (QED) is 0.247. The number of carbonyl (C=O) groups excluding carboxylic acids is 4. The van der Waals surface area contributed by atoms with E-state index in [1.165, 1.54) is 25.9 Å². The molecule has 0 saturated carbocycles. The van der Waals surface area contributed by atoms with Gasteiger partial charge in [-0.2, -0.15) is 0 Å². The lowest BCUT2D eigenvalue weighted by molar-refractivity contribution is -0.137. The highest BCUT2D eigenvalue weighted by Gasteiger charge is 2.35. The number of nitrogens with zero attached hydrogens (tertiary/aromatic N) is 1. The highest BCUT2D eigenvalue weighted by atomic mass is 16.5. The summed E-state index contributed by atoms with van der Waals surface area (Å²) in [6, 6.07) is 18.3. The molecule has 0 aliphatic carbocycles. The molecule has 1 heterocycles. The summed E-state index contributed by atoms with van der Waals surface area (Å²) in [5.74, 6) is -3.31. The number of carbonyl (C=O) groups is 4. The molecule has 0 aliphatic rings. The number of hydrogen-bond acceptors (Lipinski definition) is 8. The largest absolute Gasteiger partial charge is 0.466 e. The molecule has 2 aromatic carbocycles. The van der Waals surface area contributed by atoms with E-state index in [0.29, 0.717) is 0 Å². The molecule has 192 valence electrons. The topological polar surface area (TPSA) is 110 Å². The maximum Gasteiger partial charge on any atom is 0.355 e. The summed E-state index contributed by atoms with van der Waals surface area (Å²) in [7, 11) is 4.71. The Morgan fingerprint density at radius 3 is 1.43 bits per heavy atom. The second-order valence-corrected chi connectivity index (χ2v) is 7.83. The molecule has 9 heteroatoms. The molecule has 0 radical (unpaired) electrons. The van der Waals surface area contributed by atoms with Crippen LogP contribution in [0.1, 0.15) is 43.2 Å². The van der Waals surface area contributed by atoms with Crippen molar-refractivity contribution < 1.29 is 38.1 Å². The standard InChI is InChI=1S/C28H27NO8/c1-34-23(30)17-22(26(31)35-2)29-20(15-18-11-7-5-8-12-18)24(27(32)36-3)25(28(33)37-4)21(29)16-19-13-9-6-10-14-19/h5-14,17H,15-16H2,1-4H3/b22-17+. The second-order valence-electron chi connectivity index (χ2n) is 7.83. The first-order chi connectivity index (χ1) is 17.9. The average Bonchev–Trinajstić information content (AvgIpc) is 3.24. The molecule has 3 rings (SSSR count). The zero-order valence-electron chi connectivity index (χ0n) is 21.0. The molecule has 0 spiro atoms.